The van der Waals surface area contributed by atoms with Crippen molar-refractivity contribution in [2.75, 3.05) is 18.9 Å². The number of thiol groups is 1. The number of nitrogens with one attached hydrogen (secondary N) is 14. The maximum absolute atomic E-state index is 14.9. The highest BCUT2D eigenvalue weighted by Crippen LogP contribution is 2.19. The van der Waals surface area contributed by atoms with Gasteiger partial charge in [0.2, 0.25) is 82.7 Å². The second-order valence-corrected chi connectivity index (χ2v) is 32.4. The first-order chi connectivity index (χ1) is 56.5. The zero-order valence-corrected chi connectivity index (χ0v) is 72.6. The summed E-state index contributed by atoms with van der Waals surface area (Å²) in [5.41, 5.74) is 13.2. The molecular formula is C84H132N16O19S. The molecule has 0 fully saturated rings. The van der Waals surface area contributed by atoms with Crippen LogP contribution in [-0.2, 0) is 91.2 Å². The Morgan fingerprint density at radius 1 is 0.367 bits per heavy atom. The number of unbranched alkanes of at least 4 members (excludes halogenated alkanes) is 1. The number of phenolic OH excluding ortho intramolecular Hbond substituents is 1. The molecule has 3 aromatic rings. The van der Waals surface area contributed by atoms with E-state index in [4.69, 9.17) is 11.5 Å². The Bertz CT molecular complexity index is 3840. The Hall–Kier alpha value is -10.3. The van der Waals surface area contributed by atoms with E-state index in [-0.39, 0.29) is 68.3 Å². The lowest BCUT2D eigenvalue weighted by atomic mass is 9.94. The normalized spacial score (nSPS) is 16.1. The van der Waals surface area contributed by atoms with E-state index in [1.165, 1.54) is 45.0 Å². The number of phenols is 1. The van der Waals surface area contributed by atoms with E-state index < -0.39 is 216 Å². The van der Waals surface area contributed by atoms with Gasteiger partial charge in [-0.1, -0.05) is 182 Å². The quantitative estimate of drug-likeness (QED) is 0.0261. The van der Waals surface area contributed by atoms with Gasteiger partial charge in [-0.05, 0) is 117 Å². The monoisotopic (exact) mass is 1700 g/mol. The number of aliphatic hydroxyl groups is 2. The molecule has 3 rings (SSSR count). The van der Waals surface area contributed by atoms with Crippen LogP contribution in [0.2, 0.25) is 0 Å². The van der Waals surface area contributed by atoms with Crippen LogP contribution in [0.25, 0.3) is 0 Å². The van der Waals surface area contributed by atoms with Gasteiger partial charge in [-0.15, -0.1) is 0 Å². The Morgan fingerprint density at radius 2 is 0.683 bits per heavy atom. The molecule has 19 atom stereocenters. The molecule has 0 aliphatic carbocycles. The molecule has 0 bridgehead atoms. The van der Waals surface area contributed by atoms with E-state index >= 15 is 0 Å². The summed E-state index contributed by atoms with van der Waals surface area (Å²) in [4.78, 5) is 211. The second kappa shape index (κ2) is 52.7. The van der Waals surface area contributed by atoms with Crippen molar-refractivity contribution in [3.63, 3.8) is 0 Å². The van der Waals surface area contributed by atoms with Crippen molar-refractivity contribution in [1.29, 1.82) is 0 Å². The lowest BCUT2D eigenvalue weighted by Gasteiger charge is -2.31. The van der Waals surface area contributed by atoms with Crippen LogP contribution >= 0.6 is 12.6 Å². The van der Waals surface area contributed by atoms with E-state index in [0.717, 1.165) is 0 Å². The Kier molecular flexibility index (Phi) is 45.6. The number of benzene rings is 3. The SMILES string of the molecule is CC[C@H](C)[C@H](NC(=O)[C@H](Cc1ccc(O)cc1)NC(=O)[C@H](CO)NC(=O)[C@H](CC(C)C)NC(=O)[C@H](C)NC(=O)[C@@H](NC(=O)[C@@H](NC(=O)[C@@H](NC(=O)[C@@H](N)CCCCN)[C@@H](C)O)[C@@H](C)CC)[C@@H](C)CC)C(=O)N[C@@H](Cc1ccccc1)C(=O)N[C@@H](CS)C(=O)N[C@@H](CC(C)C)C(=O)N[C@H](C(=O)N[C@@H](Cc1ccccc1)C(=O)N[C@@H](C)C(=O)O)C(C)C. The number of aliphatic hydroxyl groups excluding tert-OH is 2. The third-order valence-electron chi connectivity index (χ3n) is 20.6. The molecule has 0 aliphatic rings. The summed E-state index contributed by atoms with van der Waals surface area (Å²) in [5.74, 6) is -16.9. The summed E-state index contributed by atoms with van der Waals surface area (Å²) >= 11 is 4.40. The van der Waals surface area contributed by atoms with Crippen LogP contribution in [0.3, 0.4) is 0 Å². The number of carbonyl (C=O) groups is 15. The number of carboxylic acid groups (broad SMARTS) is 1. The molecule has 0 saturated heterocycles. The Morgan fingerprint density at radius 3 is 1.10 bits per heavy atom. The van der Waals surface area contributed by atoms with Crippen molar-refractivity contribution in [2.45, 2.75) is 271 Å². The summed E-state index contributed by atoms with van der Waals surface area (Å²) in [6.07, 6.45) is 0.388. The number of carboxylic acids is 1. The zero-order valence-electron chi connectivity index (χ0n) is 71.7. The fraction of sp³-hybridized carbons (Fsp3) is 0.607. The number of amides is 14. The van der Waals surface area contributed by atoms with Crippen LogP contribution in [0.15, 0.2) is 84.9 Å². The topological polar surface area (TPSA) is 557 Å². The van der Waals surface area contributed by atoms with Gasteiger partial charge in [-0.2, -0.15) is 12.6 Å². The van der Waals surface area contributed by atoms with Crippen LogP contribution in [0.4, 0.5) is 0 Å². The highest BCUT2D eigenvalue weighted by molar-refractivity contribution is 7.80. The molecule has 36 heteroatoms. The average Bonchev–Trinajstić information content (AvgIpc) is 0.845. The van der Waals surface area contributed by atoms with Crippen LogP contribution in [0.5, 0.6) is 5.75 Å². The van der Waals surface area contributed by atoms with Crippen molar-refractivity contribution in [3.8, 4) is 5.75 Å². The summed E-state index contributed by atoms with van der Waals surface area (Å²) in [5, 5.41) is 77.8. The van der Waals surface area contributed by atoms with Crippen LogP contribution < -0.4 is 85.9 Å². The Balaban J connectivity index is 1.91. The lowest BCUT2D eigenvalue weighted by molar-refractivity contribution is -0.142. The predicted molar refractivity (Wildman–Crippen MR) is 454 cm³/mol. The van der Waals surface area contributed by atoms with Crippen molar-refractivity contribution in [3.05, 3.63) is 102 Å². The predicted octanol–water partition coefficient (Wildman–Crippen LogP) is -0.0226. The van der Waals surface area contributed by atoms with Gasteiger partial charge in [0.05, 0.1) is 18.8 Å². The fourth-order valence-electron chi connectivity index (χ4n) is 12.6. The first-order valence-electron chi connectivity index (χ1n) is 41.2. The molecule has 120 heavy (non-hydrogen) atoms. The van der Waals surface area contributed by atoms with Gasteiger partial charge in [0, 0.05) is 25.0 Å². The summed E-state index contributed by atoms with van der Waals surface area (Å²) in [6, 6.07) is 1.75. The van der Waals surface area contributed by atoms with Crippen LogP contribution in [0, 0.1) is 35.5 Å². The van der Waals surface area contributed by atoms with Gasteiger partial charge in [0.15, 0.2) is 0 Å². The molecule has 14 amide bonds. The molecule has 0 radical (unpaired) electrons. The maximum atomic E-state index is 14.9. The molecule has 0 spiro atoms. The van der Waals surface area contributed by atoms with Gasteiger partial charge in [-0.3, -0.25) is 71.9 Å². The van der Waals surface area contributed by atoms with Gasteiger partial charge in [-0.25, -0.2) is 0 Å². The number of aromatic hydroxyl groups is 1. The van der Waals surface area contributed by atoms with Crippen LogP contribution in [-0.4, -0.2) is 225 Å². The maximum Gasteiger partial charge on any atom is 0.325 e. The summed E-state index contributed by atoms with van der Waals surface area (Å²) in [7, 11) is 0. The minimum Gasteiger partial charge on any atom is -0.508 e. The number of rotatable bonds is 53. The standard InChI is InChI=1S/C84H132N16O19S/c1-16-47(10)66(98-82(116)68(49(12)18-3)99-83(117)69(52(15)102)100-71(105)57(86)31-25-26-36-85)80(114)87-50(13)70(104)89-58(37-44(4)5)73(107)94-63(42-101)77(111)91-62(41-55-32-34-56(103)35-33-55)76(110)97-67(48(11)17-2)81(115)93-61(40-54-29-23-20-24-30-54)74(108)95-64(43-120)78(112)90-59(38-45(6)7)75(109)96-65(46(8)9)79(113)92-60(39-53-27-21-19-22-28-53)72(106)88-51(14)84(118)119/h19-24,27-30,32-35,44-52,57-69,101-103,120H,16-18,25-26,31,36-43,85-86H2,1-15H3,(H,87,114)(H,88,106)(H,89,104)(H,90,112)(H,91,111)(H,92,113)(H,93,115)(H,94,107)(H,95,108)(H,96,109)(H,97,110)(H,98,116)(H,99,117)(H,100,105)(H,118,119)/t47-,48-,49-,50-,51-,52+,57-,58-,59-,60-,61-,62-,63-,64-,65-,66-,67-,68-,69-/m0/s1. The lowest BCUT2D eigenvalue weighted by Crippen LogP contribution is -2.63. The van der Waals surface area contributed by atoms with Crippen molar-refractivity contribution in [1.82, 2.24) is 74.4 Å². The first-order valence-corrected chi connectivity index (χ1v) is 41.9. The molecule has 35 nitrogen and oxygen atoms in total. The molecule has 0 unspecified atom stereocenters. The number of nitrogens with two attached hydrogens (primary N) is 2. The summed E-state index contributed by atoms with van der Waals surface area (Å²) < 4.78 is 0. The average molecular weight is 1700 g/mol. The number of aliphatic carboxylic acids is 1. The molecule has 668 valence electrons. The van der Waals surface area contributed by atoms with E-state index in [1.807, 2.05) is 0 Å². The smallest absolute Gasteiger partial charge is 0.325 e. The molecule has 22 N–H and O–H groups in total. The first kappa shape index (κ1) is 104. The highest BCUT2D eigenvalue weighted by atomic mass is 32.1. The molecule has 0 heterocycles. The van der Waals surface area contributed by atoms with Gasteiger partial charge < -0.3 is 106 Å². The van der Waals surface area contributed by atoms with Crippen molar-refractivity contribution in [2.24, 2.45) is 47.0 Å². The van der Waals surface area contributed by atoms with E-state index in [0.29, 0.717) is 48.9 Å². The minimum atomic E-state index is -1.81. The highest BCUT2D eigenvalue weighted by Gasteiger charge is 2.41. The molecule has 0 saturated carbocycles. The minimum absolute atomic E-state index is 0.0263. The van der Waals surface area contributed by atoms with Gasteiger partial charge >= 0.3 is 5.97 Å². The van der Waals surface area contributed by atoms with Crippen LogP contribution in [0.1, 0.15) is 172 Å². The molecular weight excluding hydrogens is 1570 g/mol. The van der Waals surface area contributed by atoms with E-state index in [1.54, 1.807) is 144 Å². The van der Waals surface area contributed by atoms with Gasteiger partial charge in [0.25, 0.3) is 0 Å². The third kappa shape index (κ3) is 35.2. The second-order valence-electron chi connectivity index (χ2n) is 32.1. The van der Waals surface area contributed by atoms with Crippen molar-refractivity contribution >= 4 is 101 Å². The van der Waals surface area contributed by atoms with E-state index in [2.05, 4.69) is 87.1 Å². The fourth-order valence-corrected chi connectivity index (χ4v) is 12.8. The largest absolute Gasteiger partial charge is 0.508 e. The number of carbonyl (C=O) groups excluding carboxylic acids is 14. The number of hydrogen-bond acceptors (Lipinski definition) is 21. The third-order valence-corrected chi connectivity index (χ3v) is 21.0. The molecule has 0 aromatic heterocycles. The molecule has 3 aromatic carbocycles. The zero-order chi connectivity index (χ0) is 90.4. The van der Waals surface area contributed by atoms with Crippen molar-refractivity contribution < 1.29 is 92.3 Å². The Labute approximate surface area is 709 Å². The van der Waals surface area contributed by atoms with Gasteiger partial charge in [0.1, 0.15) is 90.3 Å². The summed E-state index contributed by atoms with van der Waals surface area (Å²) in [6.45, 7) is 23.8. The number of hydrogen-bond donors (Lipinski definition) is 21. The molecule has 0 aliphatic heterocycles. The van der Waals surface area contributed by atoms with E-state index in [9.17, 15) is 92.3 Å².